The Hall–Kier alpha value is -2.96. The van der Waals surface area contributed by atoms with E-state index in [4.69, 9.17) is 5.73 Å². The highest BCUT2D eigenvalue weighted by atomic mass is 15.3. The maximum Gasteiger partial charge on any atom is 0.221 e. The van der Waals surface area contributed by atoms with Gasteiger partial charge in [0.1, 0.15) is 12.0 Å². The smallest absolute Gasteiger partial charge is 0.221 e. The predicted molar refractivity (Wildman–Crippen MR) is 103 cm³/mol. The fraction of sp³-hybridized carbons (Fsp3) is 0.368. The Labute approximate surface area is 151 Å². The first kappa shape index (κ1) is 16.5. The molecular weight excluding hydrogens is 326 g/mol. The maximum atomic E-state index is 5.57. The Balaban J connectivity index is 0.000000204. The van der Waals surface area contributed by atoms with Crippen LogP contribution < -0.4 is 5.73 Å². The molecule has 0 bridgehead atoms. The SMILES string of the molecule is CC1CCCCC1.Nc1ncc2c(-c3ccn4ncnc4c3)c[nH]c2n1. The van der Waals surface area contributed by atoms with Gasteiger partial charge in [0.25, 0.3) is 0 Å². The van der Waals surface area contributed by atoms with E-state index in [1.165, 1.54) is 38.4 Å². The number of hydrogen-bond donors (Lipinski definition) is 2. The lowest BCUT2D eigenvalue weighted by Gasteiger charge is -2.15. The summed E-state index contributed by atoms with van der Waals surface area (Å²) in [5.41, 5.74) is 9.13. The first-order chi connectivity index (χ1) is 12.7. The van der Waals surface area contributed by atoms with Gasteiger partial charge in [-0.2, -0.15) is 10.1 Å². The summed E-state index contributed by atoms with van der Waals surface area (Å²) in [6, 6.07) is 3.94. The largest absolute Gasteiger partial charge is 0.368 e. The second kappa shape index (κ2) is 7.11. The van der Waals surface area contributed by atoms with E-state index in [0.717, 1.165) is 33.7 Å². The van der Waals surface area contributed by atoms with E-state index in [1.807, 2.05) is 24.5 Å². The van der Waals surface area contributed by atoms with Gasteiger partial charge in [-0.1, -0.05) is 39.0 Å². The summed E-state index contributed by atoms with van der Waals surface area (Å²) in [6.45, 7) is 2.36. The fourth-order valence-corrected chi connectivity index (χ4v) is 3.45. The number of aromatic amines is 1. The topological polar surface area (TPSA) is 97.8 Å². The average Bonchev–Trinajstić information content (AvgIpc) is 3.28. The maximum absolute atomic E-state index is 5.57. The number of nitrogens with one attached hydrogen (secondary N) is 1. The van der Waals surface area contributed by atoms with Crippen LogP contribution in [0.1, 0.15) is 39.0 Å². The van der Waals surface area contributed by atoms with Crippen molar-refractivity contribution in [2.45, 2.75) is 39.0 Å². The van der Waals surface area contributed by atoms with Crippen molar-refractivity contribution < 1.29 is 0 Å². The molecule has 5 rings (SSSR count). The summed E-state index contributed by atoms with van der Waals surface area (Å²) in [5.74, 6) is 1.29. The molecule has 4 heterocycles. The normalized spacial score (nSPS) is 15.1. The van der Waals surface area contributed by atoms with Gasteiger partial charge in [-0.3, -0.25) is 0 Å². The standard InChI is InChI=1S/C12H9N7.C7H14/c13-12-15-5-9-8(4-14-11(9)18-12)7-1-2-19-10(3-7)16-6-17-19;1-7-5-3-2-4-6-7/h1-6H,(H3,13,14,15,18);7H,2-6H2,1H3. The lowest BCUT2D eigenvalue weighted by Crippen LogP contribution is -1.99. The molecule has 0 saturated heterocycles. The van der Waals surface area contributed by atoms with Crippen molar-refractivity contribution in [3.8, 4) is 11.1 Å². The van der Waals surface area contributed by atoms with Crippen molar-refractivity contribution in [1.82, 2.24) is 29.5 Å². The third kappa shape index (κ3) is 3.37. The molecule has 0 amide bonds. The second-order valence-corrected chi connectivity index (χ2v) is 6.91. The summed E-state index contributed by atoms with van der Waals surface area (Å²) in [7, 11) is 0. The van der Waals surface area contributed by atoms with Gasteiger partial charge >= 0.3 is 0 Å². The summed E-state index contributed by atoms with van der Waals surface area (Å²) in [4.78, 5) is 15.5. The number of H-pyrrole nitrogens is 1. The number of pyridine rings is 1. The van der Waals surface area contributed by atoms with Gasteiger partial charge in [-0.15, -0.1) is 0 Å². The van der Waals surface area contributed by atoms with Crippen LogP contribution in [0.15, 0.2) is 37.1 Å². The molecule has 0 spiro atoms. The molecule has 7 heteroatoms. The highest BCUT2D eigenvalue weighted by molar-refractivity contribution is 5.93. The van der Waals surface area contributed by atoms with Crippen molar-refractivity contribution in [2.24, 2.45) is 5.92 Å². The van der Waals surface area contributed by atoms with E-state index in [0.29, 0.717) is 0 Å². The zero-order valence-electron chi connectivity index (χ0n) is 14.9. The molecule has 0 aliphatic heterocycles. The minimum atomic E-state index is 0.258. The molecule has 1 aliphatic rings. The number of hydrogen-bond acceptors (Lipinski definition) is 5. The summed E-state index contributed by atoms with van der Waals surface area (Å²) in [5, 5.41) is 5.00. The van der Waals surface area contributed by atoms with Crippen LogP contribution in [0.3, 0.4) is 0 Å². The molecule has 1 fully saturated rings. The van der Waals surface area contributed by atoms with Crippen LogP contribution in [0, 0.1) is 5.92 Å². The van der Waals surface area contributed by atoms with Crippen molar-refractivity contribution in [2.75, 3.05) is 5.73 Å². The van der Waals surface area contributed by atoms with Crippen molar-refractivity contribution >= 4 is 22.6 Å². The van der Waals surface area contributed by atoms with Gasteiger partial charge in [-0.25, -0.2) is 14.5 Å². The molecule has 3 N–H and O–H groups in total. The van der Waals surface area contributed by atoms with Gasteiger partial charge < -0.3 is 10.7 Å². The number of nitrogen functional groups attached to an aromatic ring is 1. The number of nitrogens with two attached hydrogens (primary N) is 1. The third-order valence-corrected chi connectivity index (χ3v) is 4.94. The quantitative estimate of drug-likeness (QED) is 0.544. The third-order valence-electron chi connectivity index (χ3n) is 4.94. The monoisotopic (exact) mass is 349 g/mol. The Kier molecular flexibility index (Phi) is 4.51. The van der Waals surface area contributed by atoms with Crippen LogP contribution in [0.2, 0.25) is 0 Å². The molecule has 7 nitrogen and oxygen atoms in total. The van der Waals surface area contributed by atoms with E-state index in [-0.39, 0.29) is 5.95 Å². The fourth-order valence-electron chi connectivity index (χ4n) is 3.45. The van der Waals surface area contributed by atoms with Crippen LogP contribution in [0.5, 0.6) is 0 Å². The number of anilines is 1. The zero-order chi connectivity index (χ0) is 17.9. The minimum absolute atomic E-state index is 0.258. The van der Waals surface area contributed by atoms with Crippen LogP contribution >= 0.6 is 0 Å². The highest BCUT2D eigenvalue weighted by Gasteiger charge is 2.09. The molecule has 1 saturated carbocycles. The number of fused-ring (bicyclic) bond motifs is 2. The summed E-state index contributed by atoms with van der Waals surface area (Å²) in [6.07, 6.45) is 14.4. The number of nitrogens with zero attached hydrogens (tertiary/aromatic N) is 5. The van der Waals surface area contributed by atoms with Gasteiger partial charge in [0.15, 0.2) is 5.65 Å². The van der Waals surface area contributed by atoms with Crippen LogP contribution in [-0.4, -0.2) is 29.5 Å². The summed E-state index contributed by atoms with van der Waals surface area (Å²) < 4.78 is 1.72. The van der Waals surface area contributed by atoms with Gasteiger partial charge in [0.2, 0.25) is 5.95 Å². The lowest BCUT2D eigenvalue weighted by molar-refractivity contribution is 0.385. The van der Waals surface area contributed by atoms with Crippen LogP contribution in [0.25, 0.3) is 27.8 Å². The van der Waals surface area contributed by atoms with Crippen LogP contribution in [-0.2, 0) is 0 Å². The van der Waals surface area contributed by atoms with Crippen LogP contribution in [0.4, 0.5) is 5.95 Å². The van der Waals surface area contributed by atoms with Gasteiger partial charge in [-0.05, 0) is 23.6 Å². The molecule has 4 aromatic rings. The van der Waals surface area contributed by atoms with E-state index in [1.54, 1.807) is 10.7 Å². The number of rotatable bonds is 1. The zero-order valence-corrected chi connectivity index (χ0v) is 14.9. The van der Waals surface area contributed by atoms with Gasteiger partial charge in [0, 0.05) is 29.5 Å². The highest BCUT2D eigenvalue weighted by Crippen LogP contribution is 2.27. The molecule has 4 aromatic heterocycles. The van der Waals surface area contributed by atoms with E-state index >= 15 is 0 Å². The first-order valence-corrected chi connectivity index (χ1v) is 9.10. The molecule has 0 unspecified atom stereocenters. The molecule has 26 heavy (non-hydrogen) atoms. The molecule has 0 radical (unpaired) electrons. The molecule has 134 valence electrons. The van der Waals surface area contributed by atoms with E-state index in [9.17, 15) is 0 Å². The summed E-state index contributed by atoms with van der Waals surface area (Å²) >= 11 is 0. The Morgan fingerprint density at radius 1 is 1.19 bits per heavy atom. The minimum Gasteiger partial charge on any atom is -0.368 e. The Morgan fingerprint density at radius 3 is 2.81 bits per heavy atom. The van der Waals surface area contributed by atoms with Crippen molar-refractivity contribution in [3.05, 3.63) is 37.1 Å². The molecular formula is C19H23N7. The molecule has 0 aromatic carbocycles. The second-order valence-electron chi connectivity index (χ2n) is 6.91. The molecule has 0 atom stereocenters. The van der Waals surface area contributed by atoms with E-state index < -0.39 is 0 Å². The number of aromatic nitrogens is 6. The van der Waals surface area contributed by atoms with E-state index in [2.05, 4.69) is 32.0 Å². The van der Waals surface area contributed by atoms with Gasteiger partial charge in [0.05, 0.1) is 0 Å². The molecule has 1 aliphatic carbocycles. The lowest BCUT2D eigenvalue weighted by atomic mass is 9.91. The Bertz CT molecular complexity index is 1010. The Morgan fingerprint density at radius 2 is 2.04 bits per heavy atom. The predicted octanol–water partition coefficient (Wildman–Crippen LogP) is 3.84. The van der Waals surface area contributed by atoms with Crippen molar-refractivity contribution in [3.63, 3.8) is 0 Å². The van der Waals surface area contributed by atoms with Crippen molar-refractivity contribution in [1.29, 1.82) is 0 Å². The first-order valence-electron chi connectivity index (χ1n) is 9.10. The average molecular weight is 349 g/mol.